The fourth-order valence-electron chi connectivity index (χ4n) is 1.49. The average molecular weight is 263 g/mol. The molecule has 2 aromatic rings. The van der Waals surface area contributed by atoms with Crippen molar-refractivity contribution < 1.29 is 9.90 Å². The van der Waals surface area contributed by atoms with Gasteiger partial charge in [0.25, 0.3) is 5.91 Å². The Hall–Kier alpha value is -2.07. The highest BCUT2D eigenvalue weighted by Crippen LogP contribution is 2.23. The van der Waals surface area contributed by atoms with Gasteiger partial charge in [0.05, 0.1) is 11.8 Å². The maximum absolute atomic E-state index is 11.9. The molecule has 0 unspecified atom stereocenters. The Morgan fingerprint density at radius 2 is 2.17 bits per heavy atom. The quantitative estimate of drug-likeness (QED) is 0.875. The van der Waals surface area contributed by atoms with Crippen molar-refractivity contribution in [2.24, 2.45) is 0 Å². The standard InChI is InChI=1S/C13H11ClN2O2/c1-8-11(14)3-2-4-12(8)16-13(18)9-5-10(17)7-15-6-9/h2-7,17H,1H3,(H,16,18). The van der Waals surface area contributed by atoms with E-state index in [2.05, 4.69) is 10.3 Å². The first-order valence-electron chi connectivity index (χ1n) is 5.28. The van der Waals surface area contributed by atoms with Crippen molar-refractivity contribution in [3.63, 3.8) is 0 Å². The number of rotatable bonds is 2. The van der Waals surface area contributed by atoms with Gasteiger partial charge in [-0.15, -0.1) is 0 Å². The smallest absolute Gasteiger partial charge is 0.257 e. The lowest BCUT2D eigenvalue weighted by molar-refractivity contribution is 0.102. The van der Waals surface area contributed by atoms with Gasteiger partial charge in [-0.3, -0.25) is 9.78 Å². The highest BCUT2D eigenvalue weighted by atomic mass is 35.5. The molecule has 0 spiro atoms. The van der Waals surface area contributed by atoms with Gasteiger partial charge in [-0.05, 0) is 30.7 Å². The Bertz CT molecular complexity index is 599. The van der Waals surface area contributed by atoms with E-state index in [4.69, 9.17) is 11.6 Å². The lowest BCUT2D eigenvalue weighted by Gasteiger charge is -2.09. The van der Waals surface area contributed by atoms with Crippen LogP contribution in [-0.4, -0.2) is 16.0 Å². The van der Waals surface area contributed by atoms with Crippen molar-refractivity contribution in [3.8, 4) is 5.75 Å². The zero-order valence-corrected chi connectivity index (χ0v) is 10.4. The van der Waals surface area contributed by atoms with Gasteiger partial charge >= 0.3 is 0 Å². The topological polar surface area (TPSA) is 62.2 Å². The molecule has 0 radical (unpaired) electrons. The number of benzene rings is 1. The second-order valence-electron chi connectivity index (χ2n) is 3.80. The first-order chi connectivity index (χ1) is 8.58. The van der Waals surface area contributed by atoms with Gasteiger partial charge in [-0.25, -0.2) is 0 Å². The van der Waals surface area contributed by atoms with Crippen molar-refractivity contribution >= 4 is 23.2 Å². The summed E-state index contributed by atoms with van der Waals surface area (Å²) in [5.74, 6) is -0.394. The molecular weight excluding hydrogens is 252 g/mol. The van der Waals surface area contributed by atoms with Crippen molar-refractivity contribution in [2.45, 2.75) is 6.92 Å². The molecule has 1 aromatic carbocycles. The number of hydrogen-bond acceptors (Lipinski definition) is 3. The Morgan fingerprint density at radius 3 is 2.89 bits per heavy atom. The molecule has 1 aromatic heterocycles. The van der Waals surface area contributed by atoms with Crippen molar-refractivity contribution in [1.82, 2.24) is 4.98 Å². The minimum Gasteiger partial charge on any atom is -0.506 e. The molecule has 2 rings (SSSR count). The van der Waals surface area contributed by atoms with E-state index in [1.165, 1.54) is 18.5 Å². The summed E-state index contributed by atoms with van der Waals surface area (Å²) in [5, 5.41) is 12.6. The average Bonchev–Trinajstić information content (AvgIpc) is 2.35. The fraction of sp³-hybridized carbons (Fsp3) is 0.0769. The molecule has 0 fully saturated rings. The molecule has 0 bridgehead atoms. The molecule has 2 N–H and O–H groups in total. The van der Waals surface area contributed by atoms with Crippen molar-refractivity contribution in [3.05, 3.63) is 52.8 Å². The first-order valence-corrected chi connectivity index (χ1v) is 5.66. The minimum absolute atomic E-state index is 0.0505. The van der Waals surface area contributed by atoms with Gasteiger partial charge in [-0.2, -0.15) is 0 Å². The Balaban J connectivity index is 2.24. The van der Waals surface area contributed by atoms with Crippen LogP contribution in [-0.2, 0) is 0 Å². The van der Waals surface area contributed by atoms with Gasteiger partial charge < -0.3 is 10.4 Å². The van der Waals surface area contributed by atoms with Crippen LogP contribution in [0.2, 0.25) is 5.02 Å². The second-order valence-corrected chi connectivity index (χ2v) is 4.21. The molecule has 1 amide bonds. The summed E-state index contributed by atoms with van der Waals surface area (Å²) in [7, 11) is 0. The summed E-state index contributed by atoms with van der Waals surface area (Å²) >= 11 is 5.96. The summed E-state index contributed by atoms with van der Waals surface area (Å²) in [5.41, 5.74) is 1.71. The van der Waals surface area contributed by atoms with Crippen LogP contribution in [0.1, 0.15) is 15.9 Å². The molecule has 18 heavy (non-hydrogen) atoms. The monoisotopic (exact) mass is 262 g/mol. The van der Waals surface area contributed by atoms with Crippen LogP contribution >= 0.6 is 11.6 Å². The predicted octanol–water partition coefficient (Wildman–Crippen LogP) is 3.00. The molecule has 0 aliphatic carbocycles. The van der Waals surface area contributed by atoms with Crippen LogP contribution < -0.4 is 5.32 Å². The van der Waals surface area contributed by atoms with E-state index in [0.29, 0.717) is 10.7 Å². The number of pyridine rings is 1. The first kappa shape index (κ1) is 12.4. The molecule has 4 nitrogen and oxygen atoms in total. The largest absolute Gasteiger partial charge is 0.506 e. The number of amides is 1. The number of halogens is 1. The molecule has 0 saturated carbocycles. The van der Waals surface area contributed by atoms with E-state index < -0.39 is 0 Å². The summed E-state index contributed by atoms with van der Waals surface area (Å²) in [6, 6.07) is 6.62. The van der Waals surface area contributed by atoms with E-state index >= 15 is 0 Å². The van der Waals surface area contributed by atoms with E-state index in [1.807, 2.05) is 6.92 Å². The summed E-state index contributed by atoms with van der Waals surface area (Å²) in [6.07, 6.45) is 2.65. The van der Waals surface area contributed by atoms with E-state index in [1.54, 1.807) is 18.2 Å². The fourth-order valence-corrected chi connectivity index (χ4v) is 1.66. The van der Waals surface area contributed by atoms with Gasteiger partial charge in [-0.1, -0.05) is 17.7 Å². The molecular formula is C13H11ClN2O2. The SMILES string of the molecule is Cc1c(Cl)cccc1NC(=O)c1cncc(O)c1. The van der Waals surface area contributed by atoms with Crippen molar-refractivity contribution in [2.75, 3.05) is 5.32 Å². The Morgan fingerprint density at radius 1 is 1.39 bits per heavy atom. The van der Waals surface area contributed by atoms with E-state index in [-0.39, 0.29) is 17.2 Å². The number of aromatic hydroxyl groups is 1. The molecule has 0 atom stereocenters. The zero-order valence-electron chi connectivity index (χ0n) is 9.64. The molecule has 92 valence electrons. The summed E-state index contributed by atoms with van der Waals surface area (Å²) in [4.78, 5) is 15.7. The number of nitrogens with zero attached hydrogens (tertiary/aromatic N) is 1. The van der Waals surface area contributed by atoms with Crippen LogP contribution in [0.4, 0.5) is 5.69 Å². The normalized spacial score (nSPS) is 10.1. The number of anilines is 1. The molecule has 0 aliphatic rings. The third-order valence-corrected chi connectivity index (χ3v) is 2.91. The molecule has 1 heterocycles. The van der Waals surface area contributed by atoms with Gasteiger partial charge in [0.15, 0.2) is 0 Å². The summed E-state index contributed by atoms with van der Waals surface area (Å²) < 4.78 is 0. The number of hydrogen-bond donors (Lipinski definition) is 2. The number of nitrogens with one attached hydrogen (secondary N) is 1. The highest BCUT2D eigenvalue weighted by Gasteiger charge is 2.09. The summed E-state index contributed by atoms with van der Waals surface area (Å²) in [6.45, 7) is 1.82. The maximum Gasteiger partial charge on any atom is 0.257 e. The van der Waals surface area contributed by atoms with Crippen LogP contribution in [0.5, 0.6) is 5.75 Å². The lowest BCUT2D eigenvalue weighted by atomic mass is 10.2. The van der Waals surface area contributed by atoms with Gasteiger partial charge in [0.1, 0.15) is 5.75 Å². The number of carbonyl (C=O) groups excluding carboxylic acids is 1. The highest BCUT2D eigenvalue weighted by molar-refractivity contribution is 6.31. The molecule has 0 saturated heterocycles. The number of aromatic nitrogens is 1. The van der Waals surface area contributed by atoms with E-state index in [9.17, 15) is 9.90 Å². The maximum atomic E-state index is 11.9. The third-order valence-electron chi connectivity index (χ3n) is 2.50. The predicted molar refractivity (Wildman–Crippen MR) is 70.0 cm³/mol. The van der Waals surface area contributed by atoms with Crippen LogP contribution in [0.15, 0.2) is 36.7 Å². The van der Waals surface area contributed by atoms with Crippen LogP contribution in [0.25, 0.3) is 0 Å². The molecule has 5 heteroatoms. The third kappa shape index (κ3) is 2.60. The zero-order chi connectivity index (χ0) is 13.1. The molecule has 0 aliphatic heterocycles. The second kappa shape index (κ2) is 5.06. The van der Waals surface area contributed by atoms with Crippen molar-refractivity contribution in [1.29, 1.82) is 0 Å². The minimum atomic E-state index is -0.344. The van der Waals surface area contributed by atoms with Gasteiger partial charge in [0, 0.05) is 16.9 Å². The van der Waals surface area contributed by atoms with Gasteiger partial charge in [0.2, 0.25) is 0 Å². The Labute approximate surface area is 109 Å². The van der Waals surface area contributed by atoms with E-state index in [0.717, 1.165) is 5.56 Å². The van der Waals surface area contributed by atoms with Crippen LogP contribution in [0, 0.1) is 6.92 Å². The van der Waals surface area contributed by atoms with Crippen LogP contribution in [0.3, 0.4) is 0 Å². The number of carbonyl (C=O) groups is 1. The Kier molecular flexibility index (Phi) is 3.48. The lowest BCUT2D eigenvalue weighted by Crippen LogP contribution is -2.13.